The first kappa shape index (κ1) is 22.5. The molecule has 1 aliphatic rings. The molecule has 0 saturated carbocycles. The molecule has 3 aromatic carbocycles. The number of aliphatic imine (C=N–C) groups is 1. The SMILES string of the molecule is COc1ccc(Cl)cc1N=C1NC(=O)/C(=C/c2ccc(OCc3ccccc3)c(Br)c2)S1. The minimum Gasteiger partial charge on any atom is -0.494 e. The third-order valence-corrected chi connectivity index (χ3v) is 6.27. The fourth-order valence-electron chi connectivity index (χ4n) is 2.95. The number of benzene rings is 3. The van der Waals surface area contributed by atoms with E-state index < -0.39 is 0 Å². The summed E-state index contributed by atoms with van der Waals surface area (Å²) in [4.78, 5) is 17.5. The molecule has 0 spiro atoms. The van der Waals surface area contributed by atoms with Gasteiger partial charge in [-0.05, 0) is 75.2 Å². The van der Waals surface area contributed by atoms with Crippen molar-refractivity contribution in [2.75, 3.05) is 7.11 Å². The molecule has 1 amide bonds. The third kappa shape index (κ3) is 5.54. The average molecular weight is 530 g/mol. The molecule has 0 bridgehead atoms. The van der Waals surface area contributed by atoms with Gasteiger partial charge in [-0.2, -0.15) is 0 Å². The highest BCUT2D eigenvalue weighted by Gasteiger charge is 2.24. The van der Waals surface area contributed by atoms with Crippen molar-refractivity contribution >= 4 is 62.1 Å². The van der Waals surface area contributed by atoms with Crippen molar-refractivity contribution in [3.05, 3.63) is 92.3 Å². The minimum absolute atomic E-state index is 0.213. The van der Waals surface area contributed by atoms with Crippen LogP contribution in [0.5, 0.6) is 11.5 Å². The van der Waals surface area contributed by atoms with Crippen LogP contribution in [0.2, 0.25) is 5.02 Å². The molecule has 0 radical (unpaired) electrons. The Morgan fingerprint density at radius 3 is 2.62 bits per heavy atom. The van der Waals surface area contributed by atoms with Crippen LogP contribution in [0.15, 0.2) is 81.1 Å². The van der Waals surface area contributed by atoms with Crippen molar-refractivity contribution in [2.24, 2.45) is 4.99 Å². The molecule has 0 aliphatic carbocycles. The van der Waals surface area contributed by atoms with Gasteiger partial charge in [-0.1, -0.05) is 48.0 Å². The van der Waals surface area contributed by atoms with E-state index in [2.05, 4.69) is 26.2 Å². The largest absolute Gasteiger partial charge is 0.494 e. The van der Waals surface area contributed by atoms with E-state index in [0.29, 0.717) is 33.1 Å². The molecule has 32 heavy (non-hydrogen) atoms. The zero-order valence-corrected chi connectivity index (χ0v) is 20.1. The summed E-state index contributed by atoms with van der Waals surface area (Å²) in [6, 6.07) is 20.8. The minimum atomic E-state index is -0.213. The van der Waals surface area contributed by atoms with Gasteiger partial charge in [0.2, 0.25) is 0 Å². The number of hydrogen-bond acceptors (Lipinski definition) is 5. The summed E-state index contributed by atoms with van der Waals surface area (Å²) in [5.41, 5.74) is 2.50. The van der Waals surface area contributed by atoms with Gasteiger partial charge < -0.3 is 14.8 Å². The van der Waals surface area contributed by atoms with Gasteiger partial charge in [0.05, 0.1) is 16.5 Å². The van der Waals surface area contributed by atoms with Gasteiger partial charge in [-0.15, -0.1) is 0 Å². The Morgan fingerprint density at radius 1 is 1.09 bits per heavy atom. The molecule has 1 fully saturated rings. The Balaban J connectivity index is 1.49. The maximum Gasteiger partial charge on any atom is 0.264 e. The van der Waals surface area contributed by atoms with E-state index in [1.165, 1.54) is 11.8 Å². The number of ether oxygens (including phenoxy) is 2. The molecular weight excluding hydrogens is 512 g/mol. The molecule has 162 valence electrons. The Bertz CT molecular complexity index is 1220. The third-order valence-electron chi connectivity index (χ3n) is 4.50. The van der Waals surface area contributed by atoms with Crippen LogP contribution in [0.25, 0.3) is 6.08 Å². The number of thioether (sulfide) groups is 1. The van der Waals surface area contributed by atoms with E-state index in [9.17, 15) is 4.79 Å². The molecule has 1 saturated heterocycles. The van der Waals surface area contributed by atoms with Crippen LogP contribution < -0.4 is 14.8 Å². The number of methoxy groups -OCH3 is 1. The van der Waals surface area contributed by atoms with Crippen LogP contribution in [-0.2, 0) is 11.4 Å². The second-order valence-electron chi connectivity index (χ2n) is 6.76. The highest BCUT2D eigenvalue weighted by atomic mass is 79.9. The lowest BCUT2D eigenvalue weighted by Crippen LogP contribution is -2.19. The summed E-state index contributed by atoms with van der Waals surface area (Å²) in [5, 5.41) is 3.78. The normalized spacial score (nSPS) is 15.8. The van der Waals surface area contributed by atoms with Crippen molar-refractivity contribution < 1.29 is 14.3 Å². The zero-order valence-electron chi connectivity index (χ0n) is 17.0. The lowest BCUT2D eigenvalue weighted by molar-refractivity contribution is -0.115. The standard InChI is InChI=1S/C24H18BrClN2O3S/c1-30-21-10-8-17(26)13-19(21)27-24-28-23(29)22(32-24)12-16-7-9-20(18(25)11-16)31-14-15-5-3-2-4-6-15/h2-13H,14H2,1H3,(H,27,28,29)/b22-12-. The quantitative estimate of drug-likeness (QED) is 0.366. The number of rotatable bonds is 6. The fourth-order valence-corrected chi connectivity index (χ4v) is 4.46. The van der Waals surface area contributed by atoms with Crippen LogP contribution in [0.4, 0.5) is 5.69 Å². The second-order valence-corrected chi connectivity index (χ2v) is 9.08. The lowest BCUT2D eigenvalue weighted by Gasteiger charge is -2.09. The maximum absolute atomic E-state index is 12.4. The Kier molecular flexibility index (Phi) is 7.19. The Morgan fingerprint density at radius 2 is 1.88 bits per heavy atom. The topological polar surface area (TPSA) is 59.9 Å². The molecule has 8 heteroatoms. The van der Waals surface area contributed by atoms with Crippen molar-refractivity contribution in [1.29, 1.82) is 0 Å². The Labute approximate surface area is 203 Å². The monoisotopic (exact) mass is 528 g/mol. The van der Waals surface area contributed by atoms with Crippen molar-refractivity contribution in [3.8, 4) is 11.5 Å². The number of nitrogens with one attached hydrogen (secondary N) is 1. The van der Waals surface area contributed by atoms with Crippen molar-refractivity contribution in [2.45, 2.75) is 6.61 Å². The fraction of sp³-hybridized carbons (Fsp3) is 0.0833. The number of carbonyl (C=O) groups is 1. The highest BCUT2D eigenvalue weighted by Crippen LogP contribution is 2.35. The molecule has 0 atom stereocenters. The molecule has 3 aromatic rings. The maximum atomic E-state index is 12.4. The van der Waals surface area contributed by atoms with Gasteiger partial charge in [-0.3, -0.25) is 4.79 Å². The van der Waals surface area contributed by atoms with Gasteiger partial charge in [0, 0.05) is 5.02 Å². The lowest BCUT2D eigenvalue weighted by atomic mass is 10.2. The zero-order chi connectivity index (χ0) is 22.5. The van der Waals surface area contributed by atoms with Crippen LogP contribution in [-0.4, -0.2) is 18.2 Å². The number of nitrogens with zero attached hydrogens (tertiary/aromatic N) is 1. The van der Waals surface area contributed by atoms with E-state index in [4.69, 9.17) is 21.1 Å². The molecule has 1 heterocycles. The molecule has 0 aromatic heterocycles. The van der Waals surface area contributed by atoms with Crippen molar-refractivity contribution in [3.63, 3.8) is 0 Å². The van der Waals surface area contributed by atoms with Crippen LogP contribution in [0.3, 0.4) is 0 Å². The van der Waals surface area contributed by atoms with Crippen LogP contribution in [0.1, 0.15) is 11.1 Å². The number of carbonyl (C=O) groups excluding carboxylic acids is 1. The molecule has 1 aliphatic heterocycles. The summed E-state index contributed by atoms with van der Waals surface area (Å²) < 4.78 is 12.0. The second kappa shape index (κ2) is 10.3. The highest BCUT2D eigenvalue weighted by molar-refractivity contribution is 9.10. The summed E-state index contributed by atoms with van der Waals surface area (Å²) >= 11 is 10.9. The molecule has 1 N–H and O–H groups in total. The molecule has 5 nitrogen and oxygen atoms in total. The smallest absolute Gasteiger partial charge is 0.264 e. The van der Waals surface area contributed by atoms with Gasteiger partial charge in [0.15, 0.2) is 5.17 Å². The van der Waals surface area contributed by atoms with Gasteiger partial charge >= 0.3 is 0 Å². The van der Waals surface area contributed by atoms with E-state index in [1.54, 1.807) is 25.3 Å². The predicted octanol–water partition coefficient (Wildman–Crippen LogP) is 6.58. The van der Waals surface area contributed by atoms with Crippen molar-refractivity contribution in [1.82, 2.24) is 5.32 Å². The molecule has 4 rings (SSSR count). The summed E-state index contributed by atoms with van der Waals surface area (Å²) in [5.74, 6) is 1.09. The number of amides is 1. The van der Waals surface area contributed by atoms with Gasteiger partial charge in [-0.25, -0.2) is 4.99 Å². The van der Waals surface area contributed by atoms with Gasteiger partial charge in [0.1, 0.15) is 23.8 Å². The van der Waals surface area contributed by atoms with E-state index in [0.717, 1.165) is 21.3 Å². The van der Waals surface area contributed by atoms with E-state index in [1.807, 2.05) is 54.6 Å². The van der Waals surface area contributed by atoms with Crippen LogP contribution in [0, 0.1) is 0 Å². The summed E-state index contributed by atoms with van der Waals surface area (Å²) in [6.45, 7) is 0.477. The average Bonchev–Trinajstić information content (AvgIpc) is 3.12. The first-order valence-corrected chi connectivity index (χ1v) is 11.6. The predicted molar refractivity (Wildman–Crippen MR) is 134 cm³/mol. The molecular formula is C24H18BrClN2O3S. The van der Waals surface area contributed by atoms with E-state index >= 15 is 0 Å². The first-order valence-electron chi connectivity index (χ1n) is 9.61. The first-order chi connectivity index (χ1) is 15.5. The van der Waals surface area contributed by atoms with Crippen LogP contribution >= 0.6 is 39.3 Å². The number of amidine groups is 1. The Hall–Kier alpha value is -2.74. The van der Waals surface area contributed by atoms with E-state index in [-0.39, 0.29) is 5.91 Å². The summed E-state index contributed by atoms with van der Waals surface area (Å²) in [7, 11) is 1.56. The number of hydrogen-bond donors (Lipinski definition) is 1. The summed E-state index contributed by atoms with van der Waals surface area (Å²) in [6.07, 6.45) is 1.81. The molecule has 0 unspecified atom stereocenters. The van der Waals surface area contributed by atoms with Gasteiger partial charge in [0.25, 0.3) is 5.91 Å². The number of halogens is 2.